The van der Waals surface area contributed by atoms with E-state index in [1.165, 1.54) is 6.07 Å². The van der Waals surface area contributed by atoms with Crippen LogP contribution in [0.5, 0.6) is 0 Å². The Labute approximate surface area is 213 Å². The highest BCUT2D eigenvalue weighted by Gasteiger charge is 2.49. The molecule has 2 atom stereocenters. The van der Waals surface area contributed by atoms with Crippen molar-refractivity contribution in [3.63, 3.8) is 0 Å². The fourth-order valence-corrected chi connectivity index (χ4v) is 5.25. The van der Waals surface area contributed by atoms with Crippen LogP contribution in [-0.4, -0.2) is 23.3 Å². The van der Waals surface area contributed by atoms with Crippen LogP contribution < -0.4 is 5.32 Å². The molecule has 0 bridgehead atoms. The van der Waals surface area contributed by atoms with Crippen LogP contribution in [0.3, 0.4) is 0 Å². The first kappa shape index (κ1) is 25.6. The summed E-state index contributed by atoms with van der Waals surface area (Å²) in [6, 6.07) is 21.6. The van der Waals surface area contributed by atoms with Gasteiger partial charge in [-0.15, -0.1) is 0 Å². The van der Waals surface area contributed by atoms with Gasteiger partial charge in [-0.3, -0.25) is 9.59 Å². The maximum absolute atomic E-state index is 14.8. The van der Waals surface area contributed by atoms with Gasteiger partial charge < -0.3 is 10.2 Å². The number of hydrogen-bond acceptors (Lipinski definition) is 2. The zero-order chi connectivity index (χ0) is 26.1. The molecule has 1 heterocycles. The standard InChI is InChI=1S/C31H35FN2O2/c1-21-12-9-17-25(32)26(21)28(35)34-19-11-18-31(5,27(34)22-13-7-6-8-14-22)29(36)33-24-16-10-15-23(20-24)30(2,3)4/h6-10,12-17,20,27H,11,18-19H2,1-5H3,(H,33,36)/t27?,31-/m1/s1. The minimum absolute atomic E-state index is 0.0527. The van der Waals surface area contributed by atoms with Crippen molar-refractivity contribution in [1.29, 1.82) is 0 Å². The molecule has 3 aromatic carbocycles. The molecule has 1 fully saturated rings. The monoisotopic (exact) mass is 486 g/mol. The first-order valence-corrected chi connectivity index (χ1v) is 12.6. The van der Waals surface area contributed by atoms with Gasteiger partial charge in [0.25, 0.3) is 5.91 Å². The van der Waals surface area contributed by atoms with Gasteiger partial charge in [-0.1, -0.05) is 75.4 Å². The van der Waals surface area contributed by atoms with E-state index < -0.39 is 17.3 Å². The van der Waals surface area contributed by atoms with Crippen LogP contribution in [0.2, 0.25) is 0 Å². The van der Waals surface area contributed by atoms with E-state index >= 15 is 0 Å². The molecule has 188 valence electrons. The Morgan fingerprint density at radius 3 is 2.36 bits per heavy atom. The Bertz CT molecular complexity index is 1240. The van der Waals surface area contributed by atoms with Gasteiger partial charge >= 0.3 is 0 Å². The number of halogens is 1. The van der Waals surface area contributed by atoms with Crippen molar-refractivity contribution < 1.29 is 14.0 Å². The van der Waals surface area contributed by atoms with E-state index in [2.05, 4.69) is 32.2 Å². The molecule has 36 heavy (non-hydrogen) atoms. The maximum atomic E-state index is 14.8. The van der Waals surface area contributed by atoms with Crippen molar-refractivity contribution >= 4 is 17.5 Å². The number of benzene rings is 3. The number of amides is 2. The lowest BCUT2D eigenvalue weighted by Gasteiger charge is -2.47. The minimum atomic E-state index is -0.911. The molecule has 0 radical (unpaired) electrons. The van der Waals surface area contributed by atoms with Gasteiger partial charge in [0.2, 0.25) is 5.91 Å². The molecule has 1 unspecified atom stereocenters. The second kappa shape index (κ2) is 9.88. The Kier molecular flexibility index (Phi) is 7.03. The van der Waals surface area contributed by atoms with Crippen LogP contribution in [0.15, 0.2) is 72.8 Å². The second-order valence-electron chi connectivity index (χ2n) is 11.0. The number of nitrogens with one attached hydrogen (secondary N) is 1. The molecule has 0 spiro atoms. The molecule has 2 amide bonds. The number of anilines is 1. The van der Waals surface area contributed by atoms with Crippen LogP contribution in [0, 0.1) is 18.2 Å². The average Bonchev–Trinajstić information content (AvgIpc) is 2.84. The van der Waals surface area contributed by atoms with Gasteiger partial charge in [0, 0.05) is 12.2 Å². The highest BCUT2D eigenvalue weighted by atomic mass is 19.1. The highest BCUT2D eigenvalue weighted by molar-refractivity contribution is 5.99. The summed E-state index contributed by atoms with van der Waals surface area (Å²) in [5, 5.41) is 3.14. The zero-order valence-electron chi connectivity index (χ0n) is 21.8. The van der Waals surface area contributed by atoms with E-state index in [9.17, 15) is 14.0 Å². The van der Waals surface area contributed by atoms with Gasteiger partial charge in [-0.2, -0.15) is 0 Å². The molecule has 3 aromatic rings. The number of piperidine rings is 1. The second-order valence-corrected chi connectivity index (χ2v) is 11.0. The Morgan fingerprint density at radius 1 is 1.00 bits per heavy atom. The molecule has 0 aliphatic carbocycles. The zero-order valence-corrected chi connectivity index (χ0v) is 21.8. The lowest BCUT2D eigenvalue weighted by molar-refractivity contribution is -0.130. The topological polar surface area (TPSA) is 49.4 Å². The van der Waals surface area contributed by atoms with E-state index in [1.807, 2.05) is 55.5 Å². The van der Waals surface area contributed by atoms with E-state index in [1.54, 1.807) is 24.0 Å². The summed E-state index contributed by atoms with van der Waals surface area (Å²) in [6.07, 6.45) is 1.26. The molecule has 1 aliphatic rings. The van der Waals surface area contributed by atoms with Crippen LogP contribution in [-0.2, 0) is 10.2 Å². The number of hydrogen-bond donors (Lipinski definition) is 1. The molecule has 0 aromatic heterocycles. The molecule has 1 saturated heterocycles. The van der Waals surface area contributed by atoms with Crippen molar-refractivity contribution in [2.45, 2.75) is 58.9 Å². The lowest BCUT2D eigenvalue weighted by atomic mass is 9.70. The van der Waals surface area contributed by atoms with Gasteiger partial charge in [-0.05, 0) is 67.0 Å². The highest BCUT2D eigenvalue weighted by Crippen LogP contribution is 2.47. The Balaban J connectivity index is 1.74. The normalized spacial score (nSPS) is 20.2. The third kappa shape index (κ3) is 4.92. The Morgan fingerprint density at radius 2 is 1.69 bits per heavy atom. The van der Waals surface area contributed by atoms with E-state index in [-0.39, 0.29) is 22.8 Å². The average molecular weight is 487 g/mol. The van der Waals surface area contributed by atoms with E-state index in [0.717, 1.165) is 16.8 Å². The number of carbonyl (C=O) groups excluding carboxylic acids is 2. The first-order valence-electron chi connectivity index (χ1n) is 12.6. The summed E-state index contributed by atoms with van der Waals surface area (Å²) < 4.78 is 14.8. The lowest BCUT2D eigenvalue weighted by Crippen LogP contribution is -2.52. The van der Waals surface area contributed by atoms with Gasteiger partial charge in [0.05, 0.1) is 17.0 Å². The van der Waals surface area contributed by atoms with E-state index in [4.69, 9.17) is 0 Å². The van der Waals surface area contributed by atoms with Crippen molar-refractivity contribution in [3.8, 4) is 0 Å². The summed E-state index contributed by atoms with van der Waals surface area (Å²) in [6.45, 7) is 10.5. The molecule has 0 saturated carbocycles. The number of rotatable bonds is 4. The predicted octanol–water partition coefficient (Wildman–Crippen LogP) is 7.05. The van der Waals surface area contributed by atoms with Crippen LogP contribution in [0.25, 0.3) is 0 Å². The molecule has 1 aliphatic heterocycles. The third-order valence-corrected chi connectivity index (χ3v) is 7.33. The molecule has 4 rings (SSSR count). The van der Waals surface area contributed by atoms with Crippen LogP contribution >= 0.6 is 0 Å². The Hall–Kier alpha value is -3.47. The number of nitrogens with zero attached hydrogens (tertiary/aromatic N) is 1. The van der Waals surface area contributed by atoms with Crippen molar-refractivity contribution in [3.05, 3.63) is 101 Å². The largest absolute Gasteiger partial charge is 0.330 e. The number of aryl methyl sites for hydroxylation is 1. The fraction of sp³-hybridized carbons (Fsp3) is 0.355. The van der Waals surface area contributed by atoms with Gasteiger partial charge in [-0.25, -0.2) is 4.39 Å². The van der Waals surface area contributed by atoms with Gasteiger partial charge in [0.1, 0.15) is 5.82 Å². The van der Waals surface area contributed by atoms with Crippen molar-refractivity contribution in [2.75, 3.05) is 11.9 Å². The maximum Gasteiger partial charge on any atom is 0.257 e. The molecule has 5 heteroatoms. The number of likely N-dealkylation sites (tertiary alicyclic amines) is 1. The molecular formula is C31H35FN2O2. The summed E-state index contributed by atoms with van der Waals surface area (Å²) in [5.41, 5.74) is 2.41. The summed E-state index contributed by atoms with van der Waals surface area (Å²) >= 11 is 0. The summed E-state index contributed by atoms with van der Waals surface area (Å²) in [5.74, 6) is -1.07. The first-order chi connectivity index (χ1) is 17.0. The van der Waals surface area contributed by atoms with Gasteiger partial charge in [0.15, 0.2) is 0 Å². The summed E-state index contributed by atoms with van der Waals surface area (Å²) in [7, 11) is 0. The number of carbonyl (C=O) groups is 2. The SMILES string of the molecule is Cc1cccc(F)c1C(=O)N1CCC[C@@](C)(C(=O)Nc2cccc(C(C)(C)C)c2)C1c1ccccc1. The quantitative estimate of drug-likeness (QED) is 0.429. The predicted molar refractivity (Wildman–Crippen MR) is 142 cm³/mol. The smallest absolute Gasteiger partial charge is 0.257 e. The molecule has 4 nitrogen and oxygen atoms in total. The minimum Gasteiger partial charge on any atom is -0.330 e. The molecule has 1 N–H and O–H groups in total. The van der Waals surface area contributed by atoms with E-state index in [0.29, 0.717) is 24.9 Å². The van der Waals surface area contributed by atoms with Crippen molar-refractivity contribution in [1.82, 2.24) is 4.90 Å². The van der Waals surface area contributed by atoms with Crippen molar-refractivity contribution in [2.24, 2.45) is 5.41 Å². The van der Waals surface area contributed by atoms with Crippen LogP contribution in [0.1, 0.15) is 73.6 Å². The summed E-state index contributed by atoms with van der Waals surface area (Å²) in [4.78, 5) is 29.4. The molecular weight excluding hydrogens is 451 g/mol. The fourth-order valence-electron chi connectivity index (χ4n) is 5.25. The van der Waals surface area contributed by atoms with Crippen LogP contribution in [0.4, 0.5) is 10.1 Å². The third-order valence-electron chi connectivity index (χ3n) is 7.33.